The van der Waals surface area contributed by atoms with Crippen LogP contribution in [-0.4, -0.2) is 41.1 Å². The Labute approximate surface area is 119 Å². The Balaban J connectivity index is 2.49. The third-order valence-corrected chi connectivity index (χ3v) is 2.92. The van der Waals surface area contributed by atoms with Gasteiger partial charge in [-0.25, -0.2) is 0 Å². The zero-order chi connectivity index (χ0) is 15.1. The summed E-state index contributed by atoms with van der Waals surface area (Å²) >= 11 is 0. The lowest BCUT2D eigenvalue weighted by atomic mass is 10.2. The van der Waals surface area contributed by atoms with Gasteiger partial charge in [0.1, 0.15) is 12.3 Å². The standard InChI is InChI=1S/C15H21NO4/c1-11(2)16(10-15(18)19)14(17)8-9-20-13-7-5-4-6-12(13)3/h4-7,11H,8-10H2,1-3H3,(H,18,19). The molecule has 0 aliphatic rings. The summed E-state index contributed by atoms with van der Waals surface area (Å²) in [5.74, 6) is -0.475. The van der Waals surface area contributed by atoms with Gasteiger partial charge in [-0.15, -0.1) is 0 Å². The van der Waals surface area contributed by atoms with Crippen LogP contribution in [0.4, 0.5) is 0 Å². The minimum Gasteiger partial charge on any atom is -0.493 e. The molecule has 110 valence electrons. The van der Waals surface area contributed by atoms with E-state index in [9.17, 15) is 9.59 Å². The minimum absolute atomic E-state index is 0.142. The van der Waals surface area contributed by atoms with Gasteiger partial charge in [0.25, 0.3) is 0 Å². The summed E-state index contributed by atoms with van der Waals surface area (Å²) in [6.45, 7) is 5.49. The molecule has 0 saturated heterocycles. The fourth-order valence-corrected chi connectivity index (χ4v) is 1.81. The van der Waals surface area contributed by atoms with E-state index < -0.39 is 5.97 Å². The van der Waals surface area contributed by atoms with Crippen LogP contribution in [0.3, 0.4) is 0 Å². The Hall–Kier alpha value is -2.04. The van der Waals surface area contributed by atoms with E-state index >= 15 is 0 Å². The van der Waals surface area contributed by atoms with Gasteiger partial charge in [-0.3, -0.25) is 9.59 Å². The van der Waals surface area contributed by atoms with E-state index in [0.717, 1.165) is 11.3 Å². The largest absolute Gasteiger partial charge is 0.493 e. The van der Waals surface area contributed by atoms with E-state index in [4.69, 9.17) is 9.84 Å². The Morgan fingerprint density at radius 3 is 2.50 bits per heavy atom. The lowest BCUT2D eigenvalue weighted by molar-refractivity contribution is -0.146. The first kappa shape index (κ1) is 16.0. The predicted molar refractivity (Wildman–Crippen MR) is 75.8 cm³/mol. The van der Waals surface area contributed by atoms with Gasteiger partial charge in [-0.2, -0.15) is 0 Å². The molecule has 0 aromatic heterocycles. The van der Waals surface area contributed by atoms with Crippen LogP contribution in [0, 0.1) is 6.92 Å². The highest BCUT2D eigenvalue weighted by Crippen LogP contribution is 2.16. The van der Waals surface area contributed by atoms with Crippen LogP contribution in [0.2, 0.25) is 0 Å². The highest BCUT2D eigenvalue weighted by atomic mass is 16.5. The summed E-state index contributed by atoms with van der Waals surface area (Å²) < 4.78 is 5.55. The molecule has 0 radical (unpaired) electrons. The monoisotopic (exact) mass is 279 g/mol. The number of hydrogen-bond acceptors (Lipinski definition) is 3. The molecule has 0 atom stereocenters. The van der Waals surface area contributed by atoms with Crippen molar-refractivity contribution < 1.29 is 19.4 Å². The number of carboxylic acid groups (broad SMARTS) is 1. The van der Waals surface area contributed by atoms with Crippen LogP contribution >= 0.6 is 0 Å². The number of carboxylic acids is 1. The Kier molecular flexibility index (Phi) is 6.03. The maximum Gasteiger partial charge on any atom is 0.323 e. The molecule has 1 N–H and O–H groups in total. The maximum absolute atomic E-state index is 12.0. The molecular weight excluding hydrogens is 258 g/mol. The number of hydrogen-bond donors (Lipinski definition) is 1. The second-order valence-electron chi connectivity index (χ2n) is 4.87. The van der Waals surface area contributed by atoms with E-state index in [1.54, 1.807) is 13.8 Å². The molecule has 0 unspecified atom stereocenters. The van der Waals surface area contributed by atoms with E-state index in [-0.39, 0.29) is 31.5 Å². The SMILES string of the molecule is Cc1ccccc1OCCC(=O)N(CC(=O)O)C(C)C. The molecule has 1 rings (SSSR count). The summed E-state index contributed by atoms with van der Waals surface area (Å²) in [5, 5.41) is 8.80. The molecule has 5 nitrogen and oxygen atoms in total. The van der Waals surface area contributed by atoms with Crippen LogP contribution in [-0.2, 0) is 9.59 Å². The number of rotatable bonds is 7. The summed E-state index contributed by atoms with van der Waals surface area (Å²) in [4.78, 5) is 24.0. The summed E-state index contributed by atoms with van der Waals surface area (Å²) in [6.07, 6.45) is 0.166. The summed E-state index contributed by atoms with van der Waals surface area (Å²) in [6, 6.07) is 7.42. The van der Waals surface area contributed by atoms with Crippen LogP contribution in [0.5, 0.6) is 5.75 Å². The lowest BCUT2D eigenvalue weighted by Gasteiger charge is -2.24. The number of nitrogens with zero attached hydrogens (tertiary/aromatic N) is 1. The molecule has 20 heavy (non-hydrogen) atoms. The highest BCUT2D eigenvalue weighted by Gasteiger charge is 2.19. The molecule has 0 bridgehead atoms. The van der Waals surface area contributed by atoms with E-state index in [2.05, 4.69) is 0 Å². The highest BCUT2D eigenvalue weighted by molar-refractivity contribution is 5.81. The molecule has 1 aromatic rings. The number of aliphatic carboxylic acids is 1. The third kappa shape index (κ3) is 4.91. The van der Waals surface area contributed by atoms with E-state index in [1.165, 1.54) is 4.90 Å². The smallest absolute Gasteiger partial charge is 0.323 e. The lowest BCUT2D eigenvalue weighted by Crippen LogP contribution is -2.41. The van der Waals surface area contributed by atoms with Crippen molar-refractivity contribution in [2.75, 3.05) is 13.2 Å². The average Bonchev–Trinajstić information content (AvgIpc) is 2.37. The van der Waals surface area contributed by atoms with Crippen molar-refractivity contribution in [3.8, 4) is 5.75 Å². The van der Waals surface area contributed by atoms with Crippen molar-refractivity contribution in [1.29, 1.82) is 0 Å². The molecular formula is C15H21NO4. The predicted octanol–water partition coefficient (Wildman–Crippen LogP) is 2.09. The van der Waals surface area contributed by atoms with Crippen LogP contribution < -0.4 is 4.74 Å². The van der Waals surface area contributed by atoms with Gasteiger partial charge in [0.05, 0.1) is 13.0 Å². The van der Waals surface area contributed by atoms with Gasteiger partial charge in [0, 0.05) is 6.04 Å². The maximum atomic E-state index is 12.0. The molecule has 0 spiro atoms. The van der Waals surface area contributed by atoms with E-state index in [1.807, 2.05) is 31.2 Å². The Bertz CT molecular complexity index is 471. The molecule has 0 aliphatic heterocycles. The van der Waals surface area contributed by atoms with Crippen molar-refractivity contribution in [1.82, 2.24) is 4.90 Å². The van der Waals surface area contributed by atoms with Gasteiger partial charge in [-0.05, 0) is 32.4 Å². The average molecular weight is 279 g/mol. The van der Waals surface area contributed by atoms with Crippen LogP contribution in [0.15, 0.2) is 24.3 Å². The molecule has 0 saturated carbocycles. The van der Waals surface area contributed by atoms with Gasteiger partial charge in [-0.1, -0.05) is 18.2 Å². The zero-order valence-electron chi connectivity index (χ0n) is 12.1. The number of carbonyl (C=O) groups excluding carboxylic acids is 1. The van der Waals surface area contributed by atoms with Crippen molar-refractivity contribution in [2.45, 2.75) is 33.2 Å². The van der Waals surface area contributed by atoms with Gasteiger partial charge in [0.15, 0.2) is 0 Å². The Morgan fingerprint density at radius 2 is 1.95 bits per heavy atom. The van der Waals surface area contributed by atoms with Crippen molar-refractivity contribution in [3.63, 3.8) is 0 Å². The normalized spacial score (nSPS) is 10.4. The number of benzene rings is 1. The van der Waals surface area contributed by atoms with Crippen molar-refractivity contribution >= 4 is 11.9 Å². The quantitative estimate of drug-likeness (QED) is 0.830. The second-order valence-corrected chi connectivity index (χ2v) is 4.87. The number of carbonyl (C=O) groups is 2. The van der Waals surface area contributed by atoms with E-state index in [0.29, 0.717) is 0 Å². The fourth-order valence-electron chi connectivity index (χ4n) is 1.81. The first-order valence-corrected chi connectivity index (χ1v) is 6.61. The Morgan fingerprint density at radius 1 is 1.30 bits per heavy atom. The minimum atomic E-state index is -1.01. The number of para-hydroxylation sites is 1. The number of ether oxygens (including phenoxy) is 1. The molecule has 1 amide bonds. The van der Waals surface area contributed by atoms with Gasteiger partial charge in [0.2, 0.25) is 5.91 Å². The van der Waals surface area contributed by atoms with Crippen LogP contribution in [0.1, 0.15) is 25.8 Å². The second kappa shape index (κ2) is 7.53. The fraction of sp³-hybridized carbons (Fsp3) is 0.467. The van der Waals surface area contributed by atoms with Crippen molar-refractivity contribution in [2.24, 2.45) is 0 Å². The van der Waals surface area contributed by atoms with Gasteiger partial charge < -0.3 is 14.7 Å². The summed E-state index contributed by atoms with van der Waals surface area (Å²) in [5.41, 5.74) is 1.01. The molecule has 0 heterocycles. The molecule has 0 fully saturated rings. The third-order valence-electron chi connectivity index (χ3n) is 2.92. The number of amides is 1. The molecule has 5 heteroatoms. The van der Waals surface area contributed by atoms with Crippen molar-refractivity contribution in [3.05, 3.63) is 29.8 Å². The molecule has 0 aliphatic carbocycles. The summed E-state index contributed by atoms with van der Waals surface area (Å²) in [7, 11) is 0. The van der Waals surface area contributed by atoms with Crippen LogP contribution in [0.25, 0.3) is 0 Å². The molecule has 1 aromatic carbocycles. The zero-order valence-corrected chi connectivity index (χ0v) is 12.1. The first-order chi connectivity index (χ1) is 9.41. The first-order valence-electron chi connectivity index (χ1n) is 6.61. The topological polar surface area (TPSA) is 66.8 Å². The number of aryl methyl sites for hydroxylation is 1. The van der Waals surface area contributed by atoms with Gasteiger partial charge >= 0.3 is 5.97 Å².